The molecule has 84 valence electrons. The Labute approximate surface area is 101 Å². The Hall–Kier alpha value is -1.14. The molecular formula is C10H8FNO2S2. The summed E-state index contributed by atoms with van der Waals surface area (Å²) >= 11 is 6.53. The van der Waals surface area contributed by atoms with E-state index in [1.54, 1.807) is 6.07 Å². The van der Waals surface area contributed by atoms with E-state index in [0.29, 0.717) is 16.4 Å². The SMILES string of the molecule is O=C(O)CN1C(=S)CSc2cc(F)ccc21. The lowest BCUT2D eigenvalue weighted by atomic mass is 10.2. The van der Waals surface area contributed by atoms with Gasteiger partial charge in [-0.3, -0.25) is 4.79 Å². The predicted molar refractivity (Wildman–Crippen MR) is 64.7 cm³/mol. The Morgan fingerprint density at radius 3 is 3.06 bits per heavy atom. The van der Waals surface area contributed by atoms with Gasteiger partial charge in [0.2, 0.25) is 0 Å². The minimum Gasteiger partial charge on any atom is -0.480 e. The standard InChI is InChI=1S/C10H8FNO2S2/c11-6-1-2-7-8(3-6)16-5-9(15)12(7)4-10(13)14/h1-3H,4-5H2,(H,13,14). The maximum atomic E-state index is 13.0. The monoisotopic (exact) mass is 257 g/mol. The zero-order chi connectivity index (χ0) is 11.7. The number of anilines is 1. The van der Waals surface area contributed by atoms with E-state index in [1.807, 2.05) is 0 Å². The highest BCUT2D eigenvalue weighted by atomic mass is 32.2. The van der Waals surface area contributed by atoms with Crippen molar-refractivity contribution in [2.75, 3.05) is 17.2 Å². The van der Waals surface area contributed by atoms with Gasteiger partial charge >= 0.3 is 5.97 Å². The first-order valence-electron chi connectivity index (χ1n) is 4.52. The first-order valence-corrected chi connectivity index (χ1v) is 5.92. The van der Waals surface area contributed by atoms with Crippen molar-refractivity contribution in [2.24, 2.45) is 0 Å². The van der Waals surface area contributed by atoms with Crippen molar-refractivity contribution in [3.63, 3.8) is 0 Å². The van der Waals surface area contributed by atoms with Gasteiger partial charge in [-0.25, -0.2) is 4.39 Å². The van der Waals surface area contributed by atoms with Crippen LogP contribution in [0.15, 0.2) is 23.1 Å². The Kier molecular flexibility index (Phi) is 3.11. The average Bonchev–Trinajstić information content (AvgIpc) is 2.22. The average molecular weight is 257 g/mol. The fraction of sp³-hybridized carbons (Fsp3) is 0.200. The molecular weight excluding hydrogens is 249 g/mol. The summed E-state index contributed by atoms with van der Waals surface area (Å²) in [7, 11) is 0. The molecule has 0 radical (unpaired) electrons. The van der Waals surface area contributed by atoms with Crippen LogP contribution in [0.5, 0.6) is 0 Å². The Bertz CT molecular complexity index is 464. The van der Waals surface area contributed by atoms with Crippen LogP contribution >= 0.6 is 24.0 Å². The molecule has 1 N–H and O–H groups in total. The molecule has 1 aliphatic heterocycles. The summed E-state index contributed by atoms with van der Waals surface area (Å²) in [6.45, 7) is -0.183. The van der Waals surface area contributed by atoms with Gasteiger partial charge in [0, 0.05) is 10.6 Å². The fourth-order valence-corrected chi connectivity index (χ4v) is 2.78. The lowest BCUT2D eigenvalue weighted by molar-refractivity contribution is -0.135. The number of aliphatic carboxylic acids is 1. The topological polar surface area (TPSA) is 40.5 Å². The number of carboxylic acids is 1. The smallest absolute Gasteiger partial charge is 0.323 e. The van der Waals surface area contributed by atoms with Gasteiger partial charge in [-0.05, 0) is 18.2 Å². The van der Waals surface area contributed by atoms with Gasteiger partial charge in [-0.2, -0.15) is 0 Å². The van der Waals surface area contributed by atoms with E-state index >= 15 is 0 Å². The summed E-state index contributed by atoms with van der Waals surface area (Å²) in [5.74, 6) is -0.766. The van der Waals surface area contributed by atoms with E-state index in [2.05, 4.69) is 0 Å². The number of nitrogens with zero attached hydrogens (tertiary/aromatic N) is 1. The molecule has 16 heavy (non-hydrogen) atoms. The van der Waals surface area contributed by atoms with E-state index in [9.17, 15) is 9.18 Å². The second-order valence-electron chi connectivity index (χ2n) is 3.27. The number of rotatable bonds is 2. The van der Waals surface area contributed by atoms with Gasteiger partial charge in [-0.15, -0.1) is 11.8 Å². The largest absolute Gasteiger partial charge is 0.480 e. The molecule has 0 aliphatic carbocycles. The van der Waals surface area contributed by atoms with Crippen molar-refractivity contribution < 1.29 is 14.3 Å². The van der Waals surface area contributed by atoms with Crippen LogP contribution < -0.4 is 4.90 Å². The van der Waals surface area contributed by atoms with Crippen molar-refractivity contribution in [1.82, 2.24) is 0 Å². The molecule has 1 aliphatic rings. The van der Waals surface area contributed by atoms with Crippen LogP contribution in [-0.4, -0.2) is 28.4 Å². The number of halogens is 1. The third-order valence-corrected chi connectivity index (χ3v) is 3.76. The molecule has 3 nitrogen and oxygen atoms in total. The number of hydrogen-bond donors (Lipinski definition) is 1. The molecule has 0 atom stereocenters. The lowest BCUT2D eigenvalue weighted by Gasteiger charge is -2.29. The minimum atomic E-state index is -0.954. The first kappa shape index (κ1) is 11.3. The summed E-state index contributed by atoms with van der Waals surface area (Å²) in [6, 6.07) is 4.27. The maximum absolute atomic E-state index is 13.0. The van der Waals surface area contributed by atoms with Crippen molar-refractivity contribution in [3.05, 3.63) is 24.0 Å². The normalized spacial score (nSPS) is 14.8. The first-order chi connectivity index (χ1) is 7.58. The second-order valence-corrected chi connectivity index (χ2v) is 4.76. The third kappa shape index (κ3) is 2.17. The number of benzene rings is 1. The van der Waals surface area contributed by atoms with Gasteiger partial charge in [-0.1, -0.05) is 12.2 Å². The minimum absolute atomic E-state index is 0.183. The Morgan fingerprint density at radius 2 is 2.38 bits per heavy atom. The molecule has 2 rings (SSSR count). The number of hydrogen-bond acceptors (Lipinski definition) is 3. The zero-order valence-electron chi connectivity index (χ0n) is 8.14. The van der Waals surface area contributed by atoms with E-state index in [4.69, 9.17) is 17.3 Å². The molecule has 0 saturated heterocycles. The number of thiocarbonyl (C=S) groups is 1. The molecule has 1 aromatic carbocycles. The Morgan fingerprint density at radius 1 is 1.62 bits per heavy atom. The van der Waals surface area contributed by atoms with Crippen LogP contribution in [0.3, 0.4) is 0 Å². The summed E-state index contributed by atoms with van der Waals surface area (Å²) in [4.78, 5) is 13.5. The highest BCUT2D eigenvalue weighted by molar-refractivity contribution is 8.01. The van der Waals surface area contributed by atoms with Crippen molar-refractivity contribution >= 4 is 40.6 Å². The van der Waals surface area contributed by atoms with Crippen LogP contribution in [0.4, 0.5) is 10.1 Å². The van der Waals surface area contributed by atoms with E-state index in [-0.39, 0.29) is 12.4 Å². The lowest BCUT2D eigenvalue weighted by Crippen LogP contribution is -2.38. The fourth-order valence-electron chi connectivity index (χ4n) is 1.49. The van der Waals surface area contributed by atoms with Crippen LogP contribution in [0, 0.1) is 5.82 Å². The highest BCUT2D eigenvalue weighted by Gasteiger charge is 2.23. The quantitative estimate of drug-likeness (QED) is 0.822. The second kappa shape index (κ2) is 4.39. The molecule has 0 aromatic heterocycles. The van der Waals surface area contributed by atoms with Gasteiger partial charge in [0.15, 0.2) is 0 Å². The number of carboxylic acid groups (broad SMARTS) is 1. The van der Waals surface area contributed by atoms with Crippen molar-refractivity contribution in [2.45, 2.75) is 4.90 Å². The molecule has 0 saturated carbocycles. The summed E-state index contributed by atoms with van der Waals surface area (Å²) in [5, 5.41) is 8.78. The van der Waals surface area contributed by atoms with Crippen LogP contribution in [0.25, 0.3) is 0 Å². The highest BCUT2D eigenvalue weighted by Crippen LogP contribution is 2.35. The van der Waals surface area contributed by atoms with Crippen molar-refractivity contribution in [1.29, 1.82) is 0 Å². The van der Waals surface area contributed by atoms with Gasteiger partial charge < -0.3 is 10.0 Å². The Balaban J connectivity index is 2.40. The molecule has 1 heterocycles. The number of carbonyl (C=O) groups is 1. The molecule has 6 heteroatoms. The molecule has 0 bridgehead atoms. The van der Waals surface area contributed by atoms with Crippen LogP contribution in [-0.2, 0) is 4.79 Å². The molecule has 0 fully saturated rings. The predicted octanol–water partition coefficient (Wildman–Crippen LogP) is 2.15. The number of thioether (sulfide) groups is 1. The van der Waals surface area contributed by atoms with E-state index in [0.717, 1.165) is 4.90 Å². The zero-order valence-corrected chi connectivity index (χ0v) is 9.78. The van der Waals surface area contributed by atoms with Gasteiger partial charge in [0.05, 0.1) is 10.7 Å². The molecule has 0 unspecified atom stereocenters. The molecule has 0 spiro atoms. The molecule has 1 aromatic rings. The van der Waals surface area contributed by atoms with Gasteiger partial charge in [0.1, 0.15) is 12.4 Å². The maximum Gasteiger partial charge on any atom is 0.323 e. The van der Waals surface area contributed by atoms with E-state index in [1.165, 1.54) is 28.8 Å². The number of fused-ring (bicyclic) bond motifs is 1. The summed E-state index contributed by atoms with van der Waals surface area (Å²) in [5.41, 5.74) is 0.671. The van der Waals surface area contributed by atoms with Crippen molar-refractivity contribution in [3.8, 4) is 0 Å². The van der Waals surface area contributed by atoms with Crippen LogP contribution in [0.1, 0.15) is 0 Å². The molecule has 0 amide bonds. The van der Waals surface area contributed by atoms with E-state index < -0.39 is 5.97 Å². The van der Waals surface area contributed by atoms with Gasteiger partial charge in [0.25, 0.3) is 0 Å². The summed E-state index contributed by atoms with van der Waals surface area (Å²) in [6.07, 6.45) is 0. The summed E-state index contributed by atoms with van der Waals surface area (Å²) < 4.78 is 13.0. The third-order valence-electron chi connectivity index (χ3n) is 2.16. The van der Waals surface area contributed by atoms with Crippen LogP contribution in [0.2, 0.25) is 0 Å².